The van der Waals surface area contributed by atoms with Crippen LogP contribution in [0.1, 0.15) is 37.9 Å². The molecule has 0 bridgehead atoms. The minimum Gasteiger partial charge on any atom is -0.325 e. The molecule has 23 heavy (non-hydrogen) atoms. The van der Waals surface area contributed by atoms with E-state index in [-0.39, 0.29) is 18.0 Å². The summed E-state index contributed by atoms with van der Waals surface area (Å²) >= 11 is 6.20. The second kappa shape index (κ2) is 8.14. The van der Waals surface area contributed by atoms with Crippen molar-refractivity contribution in [3.63, 3.8) is 0 Å². The van der Waals surface area contributed by atoms with Gasteiger partial charge in [0.25, 0.3) is 0 Å². The number of hydrogen-bond donors (Lipinski definition) is 2. The van der Waals surface area contributed by atoms with Gasteiger partial charge in [-0.2, -0.15) is 0 Å². The number of nitrogens with one attached hydrogen (secondary N) is 2. The summed E-state index contributed by atoms with van der Waals surface area (Å²) in [4.78, 5) is 12.3. The topological polar surface area (TPSA) is 41.1 Å². The molecule has 2 atom stereocenters. The van der Waals surface area contributed by atoms with E-state index in [0.717, 1.165) is 17.7 Å². The molecule has 2 aromatic rings. The van der Waals surface area contributed by atoms with Gasteiger partial charge in [-0.1, -0.05) is 48.9 Å². The highest BCUT2D eigenvalue weighted by atomic mass is 35.5. The lowest BCUT2D eigenvalue weighted by Crippen LogP contribution is -2.39. The summed E-state index contributed by atoms with van der Waals surface area (Å²) in [5.74, 6) is -0.0619. The van der Waals surface area contributed by atoms with Crippen molar-refractivity contribution in [1.82, 2.24) is 5.32 Å². The molecule has 4 heteroatoms. The van der Waals surface area contributed by atoms with Crippen LogP contribution in [0.3, 0.4) is 0 Å². The van der Waals surface area contributed by atoms with Crippen molar-refractivity contribution in [1.29, 1.82) is 0 Å². The molecule has 0 heterocycles. The van der Waals surface area contributed by atoms with Gasteiger partial charge in [0.05, 0.1) is 6.04 Å². The largest absolute Gasteiger partial charge is 0.325 e. The summed E-state index contributed by atoms with van der Waals surface area (Å²) in [6, 6.07) is 15.2. The first-order valence-corrected chi connectivity index (χ1v) is 8.29. The van der Waals surface area contributed by atoms with Crippen LogP contribution in [0.25, 0.3) is 0 Å². The van der Waals surface area contributed by atoms with Gasteiger partial charge in [0.1, 0.15) is 0 Å². The number of amides is 1. The maximum Gasteiger partial charge on any atom is 0.241 e. The zero-order valence-electron chi connectivity index (χ0n) is 13.8. The summed E-state index contributed by atoms with van der Waals surface area (Å²) in [5, 5.41) is 6.92. The van der Waals surface area contributed by atoms with Crippen LogP contribution in [0.2, 0.25) is 5.02 Å². The predicted molar refractivity (Wildman–Crippen MR) is 96.9 cm³/mol. The Bertz CT molecular complexity index is 655. The molecular weight excluding hydrogens is 308 g/mol. The lowest BCUT2D eigenvalue weighted by atomic mass is 10.1. The zero-order chi connectivity index (χ0) is 16.8. The van der Waals surface area contributed by atoms with Gasteiger partial charge in [-0.25, -0.2) is 0 Å². The third kappa shape index (κ3) is 4.81. The van der Waals surface area contributed by atoms with E-state index in [1.165, 1.54) is 5.56 Å². The van der Waals surface area contributed by atoms with Gasteiger partial charge >= 0.3 is 0 Å². The SMILES string of the molecule is CCc1ccc(NC(=O)C(C)NC(C)c2ccccc2Cl)cc1. The zero-order valence-corrected chi connectivity index (χ0v) is 14.5. The second-order valence-electron chi connectivity index (χ2n) is 5.67. The molecule has 0 aliphatic carbocycles. The molecule has 0 aromatic heterocycles. The van der Waals surface area contributed by atoms with E-state index in [1.807, 2.05) is 62.4 Å². The van der Waals surface area contributed by atoms with Crippen LogP contribution in [-0.2, 0) is 11.2 Å². The third-order valence-corrected chi connectivity index (χ3v) is 4.24. The van der Waals surface area contributed by atoms with E-state index in [0.29, 0.717) is 5.02 Å². The first kappa shape index (κ1) is 17.5. The lowest BCUT2D eigenvalue weighted by Gasteiger charge is -2.21. The van der Waals surface area contributed by atoms with E-state index >= 15 is 0 Å². The summed E-state index contributed by atoms with van der Waals surface area (Å²) in [6.07, 6.45) is 0.988. The van der Waals surface area contributed by atoms with Crippen LogP contribution in [0.15, 0.2) is 48.5 Å². The van der Waals surface area contributed by atoms with Crippen LogP contribution in [0, 0.1) is 0 Å². The molecule has 3 nitrogen and oxygen atoms in total. The molecule has 0 saturated carbocycles. The fraction of sp³-hybridized carbons (Fsp3) is 0.316. The Labute approximate surface area is 143 Å². The Kier molecular flexibility index (Phi) is 6.20. The first-order chi connectivity index (χ1) is 11.0. The standard InChI is InChI=1S/C19H23ClN2O/c1-4-15-9-11-16(12-10-15)22-19(23)14(3)21-13(2)17-7-5-6-8-18(17)20/h5-14,21H,4H2,1-3H3,(H,22,23). The number of rotatable bonds is 6. The number of benzene rings is 2. The molecule has 0 aliphatic heterocycles. The monoisotopic (exact) mass is 330 g/mol. The van der Waals surface area contributed by atoms with Crippen molar-refractivity contribution < 1.29 is 4.79 Å². The van der Waals surface area contributed by atoms with Crippen LogP contribution < -0.4 is 10.6 Å². The Morgan fingerprint density at radius 2 is 1.74 bits per heavy atom. The van der Waals surface area contributed by atoms with Crippen molar-refractivity contribution in [2.45, 2.75) is 39.3 Å². The van der Waals surface area contributed by atoms with E-state index in [1.54, 1.807) is 0 Å². The summed E-state index contributed by atoms with van der Waals surface area (Å²) < 4.78 is 0. The van der Waals surface area contributed by atoms with Gasteiger partial charge in [-0.3, -0.25) is 10.1 Å². The molecule has 2 aromatic carbocycles. The maximum atomic E-state index is 12.3. The van der Waals surface area contributed by atoms with E-state index in [9.17, 15) is 4.79 Å². The van der Waals surface area contributed by atoms with Crippen LogP contribution in [0.4, 0.5) is 5.69 Å². The molecule has 0 fully saturated rings. The molecule has 2 unspecified atom stereocenters. The summed E-state index contributed by atoms with van der Waals surface area (Å²) in [7, 11) is 0. The minimum atomic E-state index is -0.327. The highest BCUT2D eigenvalue weighted by Gasteiger charge is 2.17. The van der Waals surface area contributed by atoms with Crippen molar-refractivity contribution in [2.24, 2.45) is 0 Å². The Morgan fingerprint density at radius 1 is 1.09 bits per heavy atom. The van der Waals surface area contributed by atoms with Gasteiger partial charge in [-0.15, -0.1) is 0 Å². The van der Waals surface area contributed by atoms with Gasteiger partial charge in [0.2, 0.25) is 5.91 Å². The number of carbonyl (C=O) groups excluding carboxylic acids is 1. The summed E-state index contributed by atoms with van der Waals surface area (Å²) in [6.45, 7) is 5.96. The molecule has 0 aliphatic rings. The number of aryl methyl sites for hydroxylation is 1. The minimum absolute atomic E-state index is 0.00748. The normalized spacial score (nSPS) is 13.4. The van der Waals surface area contributed by atoms with Crippen LogP contribution in [-0.4, -0.2) is 11.9 Å². The fourth-order valence-electron chi connectivity index (χ4n) is 2.44. The van der Waals surface area contributed by atoms with Crippen molar-refractivity contribution >= 4 is 23.2 Å². The van der Waals surface area contributed by atoms with E-state index in [2.05, 4.69) is 17.6 Å². The molecule has 0 radical (unpaired) electrons. The highest BCUT2D eigenvalue weighted by molar-refractivity contribution is 6.31. The van der Waals surface area contributed by atoms with Crippen LogP contribution in [0.5, 0.6) is 0 Å². The van der Waals surface area contributed by atoms with Gasteiger partial charge in [0.15, 0.2) is 0 Å². The quantitative estimate of drug-likeness (QED) is 0.814. The van der Waals surface area contributed by atoms with Crippen LogP contribution >= 0.6 is 11.6 Å². The maximum absolute atomic E-state index is 12.3. The number of hydrogen-bond acceptors (Lipinski definition) is 2. The van der Waals surface area contributed by atoms with Crippen molar-refractivity contribution in [2.75, 3.05) is 5.32 Å². The lowest BCUT2D eigenvalue weighted by molar-refractivity contribution is -0.117. The average Bonchev–Trinajstić information content (AvgIpc) is 2.55. The highest BCUT2D eigenvalue weighted by Crippen LogP contribution is 2.22. The Balaban J connectivity index is 1.95. The first-order valence-electron chi connectivity index (χ1n) is 7.91. The number of carbonyl (C=O) groups is 1. The van der Waals surface area contributed by atoms with Gasteiger partial charge in [-0.05, 0) is 49.6 Å². The van der Waals surface area contributed by atoms with Gasteiger partial charge in [0, 0.05) is 16.8 Å². The molecule has 2 rings (SSSR count). The average molecular weight is 331 g/mol. The molecule has 0 saturated heterocycles. The van der Waals surface area contributed by atoms with E-state index < -0.39 is 0 Å². The third-order valence-electron chi connectivity index (χ3n) is 3.89. The molecule has 0 spiro atoms. The molecule has 1 amide bonds. The number of anilines is 1. The molecule has 2 N–H and O–H groups in total. The van der Waals surface area contributed by atoms with Crippen molar-refractivity contribution in [3.8, 4) is 0 Å². The van der Waals surface area contributed by atoms with E-state index in [4.69, 9.17) is 11.6 Å². The fourth-order valence-corrected chi connectivity index (χ4v) is 2.74. The Morgan fingerprint density at radius 3 is 2.35 bits per heavy atom. The summed E-state index contributed by atoms with van der Waals surface area (Å²) in [5.41, 5.74) is 3.05. The van der Waals surface area contributed by atoms with Crippen molar-refractivity contribution in [3.05, 3.63) is 64.7 Å². The molecule has 122 valence electrons. The molecular formula is C19H23ClN2O. The number of halogens is 1. The second-order valence-corrected chi connectivity index (χ2v) is 6.08. The smallest absolute Gasteiger partial charge is 0.241 e. The Hall–Kier alpha value is -1.84. The predicted octanol–water partition coefficient (Wildman–Crippen LogP) is 4.58. The van der Waals surface area contributed by atoms with Gasteiger partial charge < -0.3 is 5.32 Å².